The molecule has 1 fully saturated rings. The van der Waals surface area contributed by atoms with Gasteiger partial charge in [0, 0.05) is 48.3 Å². The number of anilines is 2. The summed E-state index contributed by atoms with van der Waals surface area (Å²) in [4.78, 5) is 26.3. The highest BCUT2D eigenvalue weighted by atomic mass is 16.5. The lowest BCUT2D eigenvalue weighted by molar-refractivity contribution is 0.177. The molecule has 9 heteroatoms. The van der Waals surface area contributed by atoms with Gasteiger partial charge in [0.05, 0.1) is 7.11 Å². The quantitative estimate of drug-likeness (QED) is 0.404. The van der Waals surface area contributed by atoms with Crippen LogP contribution in [-0.2, 0) is 6.42 Å². The predicted octanol–water partition coefficient (Wildman–Crippen LogP) is 4.03. The molecule has 4 aromatic rings. The number of amides is 2. The molecule has 2 aromatic carbocycles. The minimum absolute atomic E-state index is 0.0531. The molecule has 0 bridgehead atoms. The molecule has 9 nitrogen and oxygen atoms in total. The average Bonchev–Trinajstić information content (AvgIpc) is 3.26. The van der Waals surface area contributed by atoms with Gasteiger partial charge in [-0.2, -0.15) is 0 Å². The zero-order valence-corrected chi connectivity index (χ0v) is 23.0. The van der Waals surface area contributed by atoms with Crippen LogP contribution < -0.4 is 25.7 Å². The number of oxazole rings is 1. The number of piperidine rings is 1. The molecule has 0 spiro atoms. The number of nitrogens with one attached hydrogen (secondary N) is 1. The summed E-state index contributed by atoms with van der Waals surface area (Å²) in [6.45, 7) is 9.85. The molecule has 0 saturated carbocycles. The average molecular weight is 540 g/mol. The van der Waals surface area contributed by atoms with Gasteiger partial charge < -0.3 is 29.4 Å². The summed E-state index contributed by atoms with van der Waals surface area (Å²) in [6, 6.07) is 11.5. The summed E-state index contributed by atoms with van der Waals surface area (Å²) < 4.78 is 11.0. The molecule has 2 amide bonds. The van der Waals surface area contributed by atoms with Crippen molar-refractivity contribution in [3.8, 4) is 5.75 Å². The Bertz CT molecular complexity index is 1720. The number of methoxy groups -OCH3 is 1. The summed E-state index contributed by atoms with van der Waals surface area (Å²) >= 11 is 0. The van der Waals surface area contributed by atoms with E-state index in [0.29, 0.717) is 22.9 Å². The molecule has 0 atom stereocenters. The second kappa shape index (κ2) is 10.2. The van der Waals surface area contributed by atoms with Crippen molar-refractivity contribution in [2.24, 2.45) is 0 Å². The fourth-order valence-corrected chi connectivity index (χ4v) is 5.79. The summed E-state index contributed by atoms with van der Waals surface area (Å²) in [6.07, 6.45) is 4.25. The molecule has 40 heavy (non-hydrogen) atoms. The highest BCUT2D eigenvalue weighted by Gasteiger charge is 2.30. The number of aliphatic hydroxyl groups excluding tert-OH is 1. The molecular weight excluding hydrogens is 506 g/mol. The molecule has 0 aliphatic carbocycles. The Kier molecular flexibility index (Phi) is 6.57. The van der Waals surface area contributed by atoms with Crippen molar-refractivity contribution >= 4 is 41.0 Å². The van der Waals surface area contributed by atoms with Crippen LogP contribution >= 0.6 is 0 Å². The number of rotatable bonds is 4. The fraction of sp³-hybridized carbons (Fsp3) is 0.323. The van der Waals surface area contributed by atoms with E-state index < -0.39 is 0 Å². The van der Waals surface area contributed by atoms with E-state index in [1.807, 2.05) is 49.1 Å². The Morgan fingerprint density at radius 2 is 1.93 bits per heavy atom. The number of fused-ring (bicyclic) bond motifs is 2. The maximum atomic E-state index is 13.1. The van der Waals surface area contributed by atoms with Crippen LogP contribution in [0.5, 0.6) is 5.75 Å². The smallest absolute Gasteiger partial charge is 0.322 e. The van der Waals surface area contributed by atoms with Gasteiger partial charge >= 0.3 is 6.03 Å². The van der Waals surface area contributed by atoms with Crippen LogP contribution in [0.2, 0.25) is 0 Å². The van der Waals surface area contributed by atoms with E-state index in [4.69, 9.17) is 9.15 Å². The van der Waals surface area contributed by atoms with Gasteiger partial charge in [-0.15, -0.1) is 0 Å². The largest absolute Gasteiger partial charge is 0.507 e. The van der Waals surface area contributed by atoms with Crippen molar-refractivity contribution in [2.45, 2.75) is 39.2 Å². The monoisotopic (exact) mass is 539 g/mol. The predicted molar refractivity (Wildman–Crippen MR) is 155 cm³/mol. The molecule has 0 unspecified atom stereocenters. The standard InChI is InChI=1S/C31H33N5O4/c1-18-13-22(15-27-29(18)33-20(3)40-27)30(37)25-16-28(32-17-19(25)2)35-10-8-23(9-11-35)36-12-7-21-14-24(39-4)5-6-26(21)34-31(36)38/h5-6,13-17,23,37H,3,7-12H2,1-2,4H3,(H,34,38)/b30-22+. The maximum Gasteiger partial charge on any atom is 0.322 e. The van der Waals surface area contributed by atoms with E-state index in [0.717, 1.165) is 77.4 Å². The van der Waals surface area contributed by atoms with E-state index >= 15 is 0 Å². The zero-order valence-electron chi connectivity index (χ0n) is 23.0. The number of carbonyl (C=O) groups excluding carboxylic acids is 1. The molecule has 1 saturated heterocycles. The molecule has 2 N–H and O–H groups in total. The number of pyridine rings is 1. The lowest BCUT2D eigenvalue weighted by Gasteiger charge is -2.38. The summed E-state index contributed by atoms with van der Waals surface area (Å²) in [5, 5.41) is 15.0. The van der Waals surface area contributed by atoms with E-state index in [2.05, 4.69) is 26.8 Å². The van der Waals surface area contributed by atoms with Crippen LogP contribution in [0.25, 0.3) is 23.4 Å². The lowest BCUT2D eigenvalue weighted by Crippen LogP contribution is -2.49. The molecule has 206 valence electrons. The van der Waals surface area contributed by atoms with E-state index in [1.165, 1.54) is 0 Å². The maximum absolute atomic E-state index is 13.1. The first-order chi connectivity index (χ1) is 19.3. The van der Waals surface area contributed by atoms with Gasteiger partial charge in [0.25, 0.3) is 0 Å². The Labute approximate surface area is 232 Å². The number of urea groups is 1. The Balaban J connectivity index is 1.19. The van der Waals surface area contributed by atoms with Gasteiger partial charge in [0.2, 0.25) is 5.55 Å². The zero-order chi connectivity index (χ0) is 28.0. The second-order valence-corrected chi connectivity index (χ2v) is 10.6. The Hall–Kier alpha value is -4.53. The minimum Gasteiger partial charge on any atom is -0.507 e. The number of nitrogens with zero attached hydrogens (tertiary/aromatic N) is 4. The molecule has 4 heterocycles. The molecular formula is C31H33N5O4. The van der Waals surface area contributed by atoms with Crippen molar-refractivity contribution in [3.05, 3.63) is 75.6 Å². The van der Waals surface area contributed by atoms with Crippen molar-refractivity contribution in [3.63, 3.8) is 0 Å². The van der Waals surface area contributed by atoms with Gasteiger partial charge in [0.15, 0.2) is 5.58 Å². The first-order valence-electron chi connectivity index (χ1n) is 13.6. The van der Waals surface area contributed by atoms with Crippen molar-refractivity contribution in [2.75, 3.05) is 37.0 Å². The van der Waals surface area contributed by atoms with Crippen LogP contribution in [0.4, 0.5) is 16.3 Å². The van der Waals surface area contributed by atoms with Gasteiger partial charge in [0.1, 0.15) is 22.8 Å². The van der Waals surface area contributed by atoms with Crippen LogP contribution in [0.3, 0.4) is 0 Å². The third kappa shape index (κ3) is 4.72. The van der Waals surface area contributed by atoms with E-state index in [1.54, 1.807) is 19.4 Å². The van der Waals surface area contributed by atoms with E-state index in [-0.39, 0.29) is 17.8 Å². The third-order valence-corrected chi connectivity index (χ3v) is 8.01. The SMILES string of the molecule is C=c1nc2c(C)c/c(=C(\O)c3cc(N4CCC(N5CCc6cc(OC)ccc6NC5=O)CC4)ncc3C)cc2o1. The number of aromatic nitrogens is 2. The number of hydrogen-bond acceptors (Lipinski definition) is 7. The van der Waals surface area contributed by atoms with Crippen LogP contribution in [0.15, 0.2) is 47.0 Å². The first kappa shape index (κ1) is 25.7. The lowest BCUT2D eigenvalue weighted by atomic mass is 10.0. The Morgan fingerprint density at radius 1 is 1.12 bits per heavy atom. The van der Waals surface area contributed by atoms with Gasteiger partial charge in [-0.25, -0.2) is 14.8 Å². The van der Waals surface area contributed by atoms with Crippen LogP contribution in [0.1, 0.15) is 35.1 Å². The second-order valence-electron chi connectivity index (χ2n) is 10.6. The Morgan fingerprint density at radius 3 is 2.70 bits per heavy atom. The first-order valence-corrected chi connectivity index (χ1v) is 13.6. The molecule has 2 aliphatic heterocycles. The minimum atomic E-state index is -0.0531. The number of aliphatic hydroxyl groups is 1. The topological polar surface area (TPSA) is 104 Å². The number of carbonyl (C=O) groups is 1. The highest BCUT2D eigenvalue weighted by molar-refractivity contribution is 5.91. The van der Waals surface area contributed by atoms with Gasteiger partial charge in [-0.1, -0.05) is 0 Å². The van der Waals surface area contributed by atoms with Gasteiger partial charge in [-0.3, -0.25) is 0 Å². The van der Waals surface area contributed by atoms with Crippen molar-refractivity contribution in [1.29, 1.82) is 0 Å². The van der Waals surface area contributed by atoms with Crippen molar-refractivity contribution < 1.29 is 19.1 Å². The van der Waals surface area contributed by atoms with Gasteiger partial charge in [-0.05, 0) is 92.8 Å². The summed E-state index contributed by atoms with van der Waals surface area (Å²) in [5.74, 6) is 1.77. The van der Waals surface area contributed by atoms with E-state index in [9.17, 15) is 9.90 Å². The summed E-state index contributed by atoms with van der Waals surface area (Å²) in [7, 11) is 1.65. The number of benzene rings is 2. The number of ether oxygens (including phenoxy) is 1. The fourth-order valence-electron chi connectivity index (χ4n) is 5.79. The van der Waals surface area contributed by atoms with Crippen molar-refractivity contribution in [1.82, 2.24) is 14.9 Å². The van der Waals surface area contributed by atoms with Crippen LogP contribution in [0, 0.1) is 13.8 Å². The number of aryl methyl sites for hydroxylation is 2. The molecule has 0 radical (unpaired) electrons. The molecule has 6 rings (SSSR count). The summed E-state index contributed by atoms with van der Waals surface area (Å²) in [5.41, 5.74) is 6.14. The van der Waals surface area contributed by atoms with Crippen LogP contribution in [-0.4, -0.2) is 58.8 Å². The highest BCUT2D eigenvalue weighted by Crippen LogP contribution is 2.29. The third-order valence-electron chi connectivity index (χ3n) is 8.01. The molecule has 2 aliphatic rings. The molecule has 2 aromatic heterocycles. The normalized spacial score (nSPS) is 16.9. The number of hydrogen-bond donors (Lipinski definition) is 2.